The van der Waals surface area contributed by atoms with Gasteiger partial charge in [-0.15, -0.1) is 0 Å². The number of nitrogens with zero attached hydrogens (tertiary/aromatic N) is 2. The number of benzene rings is 1. The molecule has 1 fully saturated rings. The van der Waals surface area contributed by atoms with Crippen LogP contribution in [0.25, 0.3) is 0 Å². The Morgan fingerprint density at radius 3 is 2.76 bits per heavy atom. The number of hydrogen-bond donors (Lipinski definition) is 2. The first kappa shape index (κ1) is 14.8. The molecule has 21 heavy (non-hydrogen) atoms. The number of carboxylic acid groups (broad SMARTS) is 1. The SMILES string of the molecule is CN(C(=O)NC1(C(=O)O)CCOC1)c1ccccc1C#N. The minimum absolute atomic E-state index is 0.0676. The average Bonchev–Trinajstić information content (AvgIpc) is 2.96. The molecule has 1 atom stereocenters. The Bertz CT molecular complexity index is 602. The van der Waals surface area contributed by atoms with Crippen LogP contribution in [0.4, 0.5) is 10.5 Å². The predicted octanol–water partition coefficient (Wildman–Crippen LogP) is 0.948. The normalized spacial score (nSPS) is 20.6. The summed E-state index contributed by atoms with van der Waals surface area (Å²) in [5.74, 6) is -1.13. The van der Waals surface area contributed by atoms with Gasteiger partial charge in [-0.25, -0.2) is 9.59 Å². The first-order valence-corrected chi connectivity index (χ1v) is 6.36. The van der Waals surface area contributed by atoms with Gasteiger partial charge in [0.05, 0.1) is 17.9 Å². The lowest BCUT2D eigenvalue weighted by molar-refractivity contribution is -0.144. The molecule has 2 N–H and O–H groups in total. The molecule has 0 aromatic heterocycles. The van der Waals surface area contributed by atoms with E-state index in [1.54, 1.807) is 24.3 Å². The monoisotopic (exact) mass is 289 g/mol. The Morgan fingerprint density at radius 1 is 1.48 bits per heavy atom. The van der Waals surface area contributed by atoms with Gasteiger partial charge in [0, 0.05) is 20.1 Å². The second-order valence-corrected chi connectivity index (χ2v) is 4.81. The average molecular weight is 289 g/mol. The Hall–Kier alpha value is -2.59. The van der Waals surface area contributed by atoms with Crippen molar-refractivity contribution in [1.29, 1.82) is 5.26 Å². The van der Waals surface area contributed by atoms with Gasteiger partial charge < -0.3 is 15.2 Å². The van der Waals surface area contributed by atoms with Gasteiger partial charge in [-0.3, -0.25) is 4.90 Å². The van der Waals surface area contributed by atoms with Crippen LogP contribution >= 0.6 is 0 Å². The van der Waals surface area contributed by atoms with E-state index >= 15 is 0 Å². The maximum atomic E-state index is 12.3. The van der Waals surface area contributed by atoms with Gasteiger partial charge in [-0.2, -0.15) is 5.26 Å². The molecule has 2 rings (SSSR count). The smallest absolute Gasteiger partial charge is 0.332 e. The molecule has 1 heterocycles. The third kappa shape index (κ3) is 2.80. The maximum absolute atomic E-state index is 12.3. The van der Waals surface area contributed by atoms with E-state index in [9.17, 15) is 14.7 Å². The van der Waals surface area contributed by atoms with Crippen LogP contribution in [0.5, 0.6) is 0 Å². The van der Waals surface area contributed by atoms with E-state index in [1.807, 2.05) is 6.07 Å². The molecule has 1 aromatic carbocycles. The minimum atomic E-state index is -1.41. The standard InChI is InChI=1S/C14H15N3O4/c1-17(11-5-3-2-4-10(11)8-15)13(20)16-14(12(18)19)6-7-21-9-14/h2-5H,6-7,9H2,1H3,(H,16,20)(H,18,19). The van der Waals surface area contributed by atoms with Crippen molar-refractivity contribution in [3.63, 3.8) is 0 Å². The van der Waals surface area contributed by atoms with Crippen molar-refractivity contribution in [3.05, 3.63) is 29.8 Å². The van der Waals surface area contributed by atoms with Crippen molar-refractivity contribution in [2.75, 3.05) is 25.2 Å². The van der Waals surface area contributed by atoms with Gasteiger partial charge in [0.1, 0.15) is 6.07 Å². The highest BCUT2D eigenvalue weighted by Crippen LogP contribution is 2.22. The summed E-state index contributed by atoms with van der Waals surface area (Å²) in [5.41, 5.74) is -0.661. The fraction of sp³-hybridized carbons (Fsp3) is 0.357. The zero-order valence-corrected chi connectivity index (χ0v) is 11.5. The molecule has 1 saturated heterocycles. The lowest BCUT2D eigenvalue weighted by Gasteiger charge is -2.27. The van der Waals surface area contributed by atoms with Crippen LogP contribution in [0, 0.1) is 11.3 Å². The molecule has 7 nitrogen and oxygen atoms in total. The molecule has 1 unspecified atom stereocenters. The third-order valence-electron chi connectivity index (χ3n) is 3.47. The van der Waals surface area contributed by atoms with E-state index < -0.39 is 17.5 Å². The highest BCUT2D eigenvalue weighted by Gasteiger charge is 2.44. The number of ether oxygens (including phenoxy) is 1. The third-order valence-corrected chi connectivity index (χ3v) is 3.47. The summed E-state index contributed by atoms with van der Waals surface area (Å²) in [5, 5.41) is 20.8. The van der Waals surface area contributed by atoms with E-state index in [0.717, 1.165) is 0 Å². The van der Waals surface area contributed by atoms with Crippen LogP contribution in [0.1, 0.15) is 12.0 Å². The number of nitrogens with one attached hydrogen (secondary N) is 1. The molecule has 0 bridgehead atoms. The Morgan fingerprint density at radius 2 is 2.19 bits per heavy atom. The van der Waals surface area contributed by atoms with E-state index in [4.69, 9.17) is 10.00 Å². The van der Waals surface area contributed by atoms with Gasteiger partial charge >= 0.3 is 12.0 Å². The summed E-state index contributed by atoms with van der Waals surface area (Å²) in [6, 6.07) is 8.00. The predicted molar refractivity (Wildman–Crippen MR) is 73.9 cm³/mol. The molecule has 0 saturated carbocycles. The van der Waals surface area contributed by atoms with Gasteiger partial charge in [0.15, 0.2) is 5.54 Å². The first-order valence-electron chi connectivity index (χ1n) is 6.36. The summed E-state index contributed by atoms with van der Waals surface area (Å²) in [6.45, 7) is 0.215. The van der Waals surface area contributed by atoms with Crippen molar-refractivity contribution < 1.29 is 19.4 Å². The number of rotatable bonds is 3. The zero-order valence-electron chi connectivity index (χ0n) is 11.5. The van der Waals surface area contributed by atoms with Gasteiger partial charge in [0.25, 0.3) is 0 Å². The fourth-order valence-electron chi connectivity index (χ4n) is 2.14. The highest BCUT2D eigenvalue weighted by molar-refractivity contribution is 5.96. The number of carbonyl (C=O) groups is 2. The zero-order chi connectivity index (χ0) is 15.5. The summed E-state index contributed by atoms with van der Waals surface area (Å²) < 4.78 is 5.09. The van der Waals surface area contributed by atoms with E-state index in [1.165, 1.54) is 11.9 Å². The van der Waals surface area contributed by atoms with Crippen LogP contribution in [0.15, 0.2) is 24.3 Å². The summed E-state index contributed by atoms with van der Waals surface area (Å²) in [6.07, 6.45) is 0.210. The van der Waals surface area contributed by atoms with Gasteiger partial charge in [-0.1, -0.05) is 12.1 Å². The van der Waals surface area contributed by atoms with E-state index in [2.05, 4.69) is 5.32 Å². The Kier molecular flexibility index (Phi) is 4.10. The second kappa shape index (κ2) is 5.81. The maximum Gasteiger partial charge on any atom is 0.332 e. The molecular weight excluding hydrogens is 274 g/mol. The van der Waals surface area contributed by atoms with E-state index in [-0.39, 0.29) is 19.6 Å². The van der Waals surface area contributed by atoms with Gasteiger partial charge in [0.2, 0.25) is 0 Å². The summed E-state index contributed by atoms with van der Waals surface area (Å²) in [4.78, 5) is 24.9. The molecule has 0 radical (unpaired) electrons. The van der Waals surface area contributed by atoms with Crippen LogP contribution in [0.2, 0.25) is 0 Å². The summed E-state index contributed by atoms with van der Waals surface area (Å²) in [7, 11) is 1.48. The number of para-hydroxylation sites is 1. The molecule has 7 heteroatoms. The lowest BCUT2D eigenvalue weighted by Crippen LogP contribution is -2.58. The van der Waals surface area contributed by atoms with Gasteiger partial charge in [-0.05, 0) is 12.1 Å². The molecular formula is C14H15N3O4. The van der Waals surface area contributed by atoms with Crippen molar-refractivity contribution >= 4 is 17.7 Å². The molecule has 110 valence electrons. The van der Waals surface area contributed by atoms with Crippen molar-refractivity contribution in [3.8, 4) is 6.07 Å². The largest absolute Gasteiger partial charge is 0.479 e. The number of nitriles is 1. The molecule has 0 aliphatic carbocycles. The molecule has 1 aliphatic rings. The number of carbonyl (C=O) groups excluding carboxylic acids is 1. The first-order chi connectivity index (χ1) is 10.00. The lowest BCUT2D eigenvalue weighted by atomic mass is 9.99. The van der Waals surface area contributed by atoms with Crippen molar-refractivity contribution in [2.24, 2.45) is 0 Å². The minimum Gasteiger partial charge on any atom is -0.479 e. The van der Waals surface area contributed by atoms with Crippen LogP contribution in [-0.2, 0) is 9.53 Å². The fourth-order valence-corrected chi connectivity index (χ4v) is 2.14. The number of carboxylic acids is 1. The number of urea groups is 1. The topological polar surface area (TPSA) is 103 Å². The Balaban J connectivity index is 2.20. The van der Waals surface area contributed by atoms with Crippen molar-refractivity contribution in [2.45, 2.75) is 12.0 Å². The number of hydrogen-bond acceptors (Lipinski definition) is 4. The highest BCUT2D eigenvalue weighted by atomic mass is 16.5. The number of aliphatic carboxylic acids is 1. The second-order valence-electron chi connectivity index (χ2n) is 4.81. The Labute approximate surface area is 121 Å². The molecule has 1 aliphatic heterocycles. The van der Waals surface area contributed by atoms with Crippen LogP contribution in [0.3, 0.4) is 0 Å². The number of anilines is 1. The van der Waals surface area contributed by atoms with Crippen LogP contribution in [-0.4, -0.2) is 42.9 Å². The van der Waals surface area contributed by atoms with Crippen LogP contribution < -0.4 is 10.2 Å². The molecule has 0 spiro atoms. The molecule has 1 aromatic rings. The summed E-state index contributed by atoms with van der Waals surface area (Å²) >= 11 is 0. The quantitative estimate of drug-likeness (QED) is 0.862. The number of amides is 2. The van der Waals surface area contributed by atoms with Crippen molar-refractivity contribution in [1.82, 2.24) is 5.32 Å². The van der Waals surface area contributed by atoms with E-state index in [0.29, 0.717) is 11.3 Å². The molecule has 2 amide bonds.